The minimum Gasteiger partial charge on any atom is -0.369 e. The summed E-state index contributed by atoms with van der Waals surface area (Å²) in [4.78, 5) is 7.60. The van der Waals surface area contributed by atoms with Crippen LogP contribution in [0, 0.1) is 5.92 Å². The molecule has 0 bridgehead atoms. The lowest BCUT2D eigenvalue weighted by Crippen LogP contribution is -2.43. The van der Waals surface area contributed by atoms with E-state index in [1.165, 1.54) is 43.7 Å². The molecule has 2 heterocycles. The highest BCUT2D eigenvalue weighted by Gasteiger charge is 2.21. The predicted molar refractivity (Wildman–Crippen MR) is 119 cm³/mol. The van der Waals surface area contributed by atoms with Gasteiger partial charge in [-0.1, -0.05) is 26.0 Å². The molecule has 154 valence electrons. The third-order valence-electron chi connectivity index (χ3n) is 5.82. The Balaban J connectivity index is 0.00000126. The standard InChI is InChI=1S/C21H36N4.C2H6/c1-18(2)24-12-8-20(9-13-24)17-23(3)16-19-4-6-21(7-5-19)25-14-10-22-11-15-25;1-2/h4-7,18,20,22H,8-17H2,1-3H3;1-2H3. The van der Waals surface area contributed by atoms with Gasteiger partial charge in [-0.2, -0.15) is 0 Å². The molecule has 2 fully saturated rings. The van der Waals surface area contributed by atoms with E-state index < -0.39 is 0 Å². The van der Waals surface area contributed by atoms with Crippen LogP contribution in [0.15, 0.2) is 24.3 Å². The van der Waals surface area contributed by atoms with Crippen LogP contribution in [0.1, 0.15) is 46.1 Å². The maximum Gasteiger partial charge on any atom is 0.0367 e. The lowest BCUT2D eigenvalue weighted by atomic mass is 9.95. The number of benzene rings is 1. The highest BCUT2D eigenvalue weighted by molar-refractivity contribution is 5.48. The molecule has 2 aliphatic heterocycles. The minimum atomic E-state index is 0.702. The molecule has 1 N–H and O–H groups in total. The van der Waals surface area contributed by atoms with E-state index >= 15 is 0 Å². The van der Waals surface area contributed by atoms with Crippen molar-refractivity contribution in [3.05, 3.63) is 29.8 Å². The summed E-state index contributed by atoms with van der Waals surface area (Å²) in [7, 11) is 2.28. The van der Waals surface area contributed by atoms with E-state index in [0.29, 0.717) is 6.04 Å². The summed E-state index contributed by atoms with van der Waals surface area (Å²) in [5, 5.41) is 3.42. The molecule has 0 unspecified atom stereocenters. The Kier molecular flexibility index (Phi) is 9.60. The van der Waals surface area contributed by atoms with E-state index in [9.17, 15) is 0 Å². The van der Waals surface area contributed by atoms with Gasteiger partial charge in [0.1, 0.15) is 0 Å². The lowest BCUT2D eigenvalue weighted by Gasteiger charge is -2.36. The Morgan fingerprint density at radius 3 is 2.15 bits per heavy atom. The predicted octanol–water partition coefficient (Wildman–Crippen LogP) is 3.67. The molecule has 0 radical (unpaired) electrons. The van der Waals surface area contributed by atoms with Crippen molar-refractivity contribution in [3.8, 4) is 0 Å². The highest BCUT2D eigenvalue weighted by Crippen LogP contribution is 2.21. The molecular weight excluding hydrogens is 332 g/mol. The molecule has 1 aromatic rings. The van der Waals surface area contributed by atoms with E-state index in [1.807, 2.05) is 13.8 Å². The van der Waals surface area contributed by atoms with Crippen molar-refractivity contribution in [2.75, 3.05) is 57.8 Å². The first-order chi connectivity index (χ1) is 13.1. The van der Waals surface area contributed by atoms with Crippen LogP contribution in [0.5, 0.6) is 0 Å². The lowest BCUT2D eigenvalue weighted by molar-refractivity contribution is 0.127. The van der Waals surface area contributed by atoms with Crippen LogP contribution in [-0.4, -0.2) is 68.7 Å². The fourth-order valence-corrected chi connectivity index (χ4v) is 4.20. The van der Waals surface area contributed by atoms with Crippen LogP contribution in [0.3, 0.4) is 0 Å². The molecule has 3 rings (SSSR count). The summed E-state index contributed by atoms with van der Waals surface area (Å²) in [5.41, 5.74) is 2.80. The van der Waals surface area contributed by atoms with Gasteiger partial charge in [0.15, 0.2) is 0 Å². The Morgan fingerprint density at radius 1 is 1.00 bits per heavy atom. The topological polar surface area (TPSA) is 21.8 Å². The fourth-order valence-electron chi connectivity index (χ4n) is 4.20. The number of hydrogen-bond acceptors (Lipinski definition) is 4. The van der Waals surface area contributed by atoms with Crippen molar-refractivity contribution < 1.29 is 0 Å². The largest absolute Gasteiger partial charge is 0.369 e. The van der Waals surface area contributed by atoms with Gasteiger partial charge < -0.3 is 20.0 Å². The van der Waals surface area contributed by atoms with Crippen molar-refractivity contribution in [2.45, 2.75) is 53.1 Å². The zero-order valence-electron chi connectivity index (χ0n) is 18.4. The van der Waals surface area contributed by atoms with Crippen molar-refractivity contribution >= 4 is 5.69 Å². The molecule has 4 heteroatoms. The molecule has 0 amide bonds. The molecule has 0 aromatic heterocycles. The Hall–Kier alpha value is -1.10. The maximum absolute atomic E-state index is 3.42. The maximum atomic E-state index is 3.42. The first-order valence-corrected chi connectivity index (χ1v) is 11.1. The Labute approximate surface area is 167 Å². The van der Waals surface area contributed by atoms with Crippen LogP contribution in [-0.2, 0) is 6.54 Å². The molecule has 1 aromatic carbocycles. The van der Waals surface area contributed by atoms with Gasteiger partial charge in [0.25, 0.3) is 0 Å². The Bertz CT molecular complexity index is 500. The summed E-state index contributed by atoms with van der Waals surface area (Å²) < 4.78 is 0. The molecule has 2 aliphatic rings. The first-order valence-electron chi connectivity index (χ1n) is 11.1. The number of nitrogens with zero attached hydrogens (tertiary/aromatic N) is 3. The fraction of sp³-hybridized carbons (Fsp3) is 0.739. The highest BCUT2D eigenvalue weighted by atomic mass is 15.2. The number of anilines is 1. The van der Waals surface area contributed by atoms with E-state index in [-0.39, 0.29) is 0 Å². The molecule has 0 saturated carbocycles. The number of hydrogen-bond donors (Lipinski definition) is 1. The quantitative estimate of drug-likeness (QED) is 0.820. The van der Waals surface area contributed by atoms with Crippen LogP contribution in [0.4, 0.5) is 5.69 Å². The monoisotopic (exact) mass is 374 g/mol. The number of nitrogens with one attached hydrogen (secondary N) is 1. The SMILES string of the molecule is CC.CC(C)N1CCC(CN(C)Cc2ccc(N3CCNCC3)cc2)CC1. The van der Waals surface area contributed by atoms with Gasteiger partial charge in [-0.25, -0.2) is 0 Å². The van der Waals surface area contributed by atoms with Gasteiger partial charge in [-0.15, -0.1) is 0 Å². The second-order valence-electron chi connectivity index (χ2n) is 8.17. The Morgan fingerprint density at radius 2 is 1.59 bits per heavy atom. The third-order valence-corrected chi connectivity index (χ3v) is 5.82. The number of piperazine rings is 1. The van der Waals surface area contributed by atoms with Gasteiger partial charge in [0.05, 0.1) is 0 Å². The van der Waals surface area contributed by atoms with Gasteiger partial charge in [-0.05, 0) is 70.4 Å². The van der Waals surface area contributed by atoms with E-state index in [2.05, 4.69) is 65.2 Å². The van der Waals surface area contributed by atoms with Gasteiger partial charge in [-0.3, -0.25) is 0 Å². The second kappa shape index (κ2) is 11.7. The first kappa shape index (κ1) is 22.2. The van der Waals surface area contributed by atoms with Crippen LogP contribution in [0.2, 0.25) is 0 Å². The minimum absolute atomic E-state index is 0.702. The normalized spacial score (nSPS) is 19.3. The average molecular weight is 375 g/mol. The van der Waals surface area contributed by atoms with Crippen molar-refractivity contribution in [1.29, 1.82) is 0 Å². The van der Waals surface area contributed by atoms with E-state index in [0.717, 1.165) is 38.6 Å². The van der Waals surface area contributed by atoms with Gasteiger partial charge in [0.2, 0.25) is 0 Å². The molecule has 2 saturated heterocycles. The smallest absolute Gasteiger partial charge is 0.0367 e. The molecule has 0 aliphatic carbocycles. The molecule has 27 heavy (non-hydrogen) atoms. The molecular formula is C23H42N4. The van der Waals surface area contributed by atoms with Crippen molar-refractivity contribution in [1.82, 2.24) is 15.1 Å². The van der Waals surface area contributed by atoms with Gasteiger partial charge >= 0.3 is 0 Å². The van der Waals surface area contributed by atoms with E-state index in [4.69, 9.17) is 0 Å². The molecule has 4 nitrogen and oxygen atoms in total. The summed E-state index contributed by atoms with van der Waals surface area (Å²) in [6.07, 6.45) is 2.70. The molecule has 0 spiro atoms. The average Bonchev–Trinajstić information content (AvgIpc) is 2.71. The van der Waals surface area contributed by atoms with Gasteiger partial charge in [0, 0.05) is 51.0 Å². The zero-order chi connectivity index (χ0) is 19.6. The van der Waals surface area contributed by atoms with Crippen LogP contribution >= 0.6 is 0 Å². The van der Waals surface area contributed by atoms with Crippen LogP contribution in [0.25, 0.3) is 0 Å². The second-order valence-corrected chi connectivity index (χ2v) is 8.17. The summed E-state index contributed by atoms with van der Waals surface area (Å²) in [6.45, 7) is 17.9. The number of likely N-dealkylation sites (tertiary alicyclic amines) is 1. The van der Waals surface area contributed by atoms with E-state index in [1.54, 1.807) is 0 Å². The number of rotatable bonds is 6. The third kappa shape index (κ3) is 7.10. The zero-order valence-corrected chi connectivity index (χ0v) is 18.4. The summed E-state index contributed by atoms with van der Waals surface area (Å²) in [5.74, 6) is 0.861. The molecule has 0 atom stereocenters. The van der Waals surface area contributed by atoms with Crippen molar-refractivity contribution in [3.63, 3.8) is 0 Å². The van der Waals surface area contributed by atoms with Crippen molar-refractivity contribution in [2.24, 2.45) is 5.92 Å². The number of piperidine rings is 1. The van der Waals surface area contributed by atoms with Crippen LogP contribution < -0.4 is 10.2 Å². The summed E-state index contributed by atoms with van der Waals surface area (Å²) >= 11 is 0. The summed E-state index contributed by atoms with van der Waals surface area (Å²) in [6, 6.07) is 9.93.